The van der Waals surface area contributed by atoms with Gasteiger partial charge in [0, 0.05) is 38.9 Å². The van der Waals surface area contributed by atoms with Gasteiger partial charge in [-0.2, -0.15) is 13.2 Å². The normalized spacial score (nSPS) is 22.1. The number of rotatable bonds is 4. The molecule has 0 aromatic heterocycles. The van der Waals surface area contributed by atoms with E-state index >= 15 is 0 Å². The molecule has 180 valence electrons. The van der Waals surface area contributed by atoms with Crippen molar-refractivity contribution in [2.75, 3.05) is 66.3 Å². The van der Waals surface area contributed by atoms with Crippen LogP contribution in [0.4, 0.5) is 13.2 Å². The van der Waals surface area contributed by atoms with Gasteiger partial charge in [0.25, 0.3) is 5.91 Å². The minimum absolute atomic E-state index is 0.0652. The van der Waals surface area contributed by atoms with Crippen molar-refractivity contribution in [3.05, 3.63) is 35.4 Å². The molecule has 1 aromatic carbocycles. The van der Waals surface area contributed by atoms with Crippen LogP contribution in [0, 0.1) is 6.92 Å². The Kier molecular flexibility index (Phi) is 9.44. The Labute approximate surface area is 184 Å². The molecule has 2 fully saturated rings. The number of nitrogens with zero attached hydrogens (tertiary/aromatic N) is 2. The molecule has 2 saturated heterocycles. The van der Waals surface area contributed by atoms with E-state index in [1.165, 1.54) is 0 Å². The number of carboxylic acids is 1. The van der Waals surface area contributed by atoms with Crippen LogP contribution in [-0.2, 0) is 19.0 Å². The number of carboxylic acid groups (broad SMARTS) is 1. The van der Waals surface area contributed by atoms with Gasteiger partial charge in [-0.05, 0) is 19.1 Å². The summed E-state index contributed by atoms with van der Waals surface area (Å²) in [6.07, 6.45) is -5.08. The molecule has 1 aromatic rings. The molecule has 0 saturated carbocycles. The third kappa shape index (κ3) is 7.73. The standard InChI is InChI=1S/C19H28N2O4.C2HF3O2/c1-16-3-5-17(6-4-16)18(22)21-9-12-25-19(14-21)13-20(7-10-23-2)8-11-24-15-19;3-2(4,5)1(6)7/h3-6H,7-15H2,1-2H3;(H,6,7). The molecule has 1 spiro atoms. The highest BCUT2D eigenvalue weighted by Crippen LogP contribution is 2.24. The fourth-order valence-electron chi connectivity index (χ4n) is 3.48. The summed E-state index contributed by atoms with van der Waals surface area (Å²) < 4.78 is 48.9. The lowest BCUT2D eigenvalue weighted by Crippen LogP contribution is -2.60. The Bertz CT molecular complexity index is 759. The number of halogens is 3. The van der Waals surface area contributed by atoms with E-state index in [1.807, 2.05) is 36.1 Å². The number of methoxy groups -OCH3 is 1. The maximum Gasteiger partial charge on any atom is 0.490 e. The van der Waals surface area contributed by atoms with Crippen molar-refractivity contribution in [2.24, 2.45) is 0 Å². The molecule has 2 heterocycles. The van der Waals surface area contributed by atoms with Crippen molar-refractivity contribution >= 4 is 11.9 Å². The largest absolute Gasteiger partial charge is 0.490 e. The molecule has 2 aliphatic rings. The predicted molar refractivity (Wildman–Crippen MR) is 109 cm³/mol. The summed E-state index contributed by atoms with van der Waals surface area (Å²) in [5.41, 5.74) is 1.43. The van der Waals surface area contributed by atoms with E-state index in [0.29, 0.717) is 39.5 Å². The van der Waals surface area contributed by atoms with Crippen LogP contribution < -0.4 is 0 Å². The summed E-state index contributed by atoms with van der Waals surface area (Å²) in [6, 6.07) is 7.75. The summed E-state index contributed by atoms with van der Waals surface area (Å²) in [7, 11) is 1.71. The first-order chi connectivity index (χ1) is 15.1. The van der Waals surface area contributed by atoms with Crippen LogP contribution in [0.3, 0.4) is 0 Å². The van der Waals surface area contributed by atoms with Gasteiger partial charge in [0.1, 0.15) is 5.60 Å². The average Bonchev–Trinajstić information content (AvgIpc) is 2.94. The fraction of sp³-hybridized carbons (Fsp3) is 0.619. The monoisotopic (exact) mass is 462 g/mol. The molecule has 1 amide bonds. The van der Waals surface area contributed by atoms with Crippen molar-refractivity contribution < 1.29 is 42.1 Å². The summed E-state index contributed by atoms with van der Waals surface area (Å²) in [5, 5.41) is 7.12. The smallest absolute Gasteiger partial charge is 0.475 e. The van der Waals surface area contributed by atoms with Crippen LogP contribution in [-0.4, -0.2) is 105 Å². The van der Waals surface area contributed by atoms with Gasteiger partial charge in [-0.25, -0.2) is 4.79 Å². The molecule has 0 bridgehead atoms. The molecule has 2 aliphatic heterocycles. The van der Waals surface area contributed by atoms with E-state index in [0.717, 1.165) is 30.8 Å². The fourth-order valence-corrected chi connectivity index (χ4v) is 3.48. The van der Waals surface area contributed by atoms with Crippen LogP contribution in [0.1, 0.15) is 15.9 Å². The van der Waals surface area contributed by atoms with Crippen LogP contribution in [0.2, 0.25) is 0 Å². The number of carbonyl (C=O) groups excluding carboxylic acids is 1. The van der Waals surface area contributed by atoms with E-state index in [1.54, 1.807) is 7.11 Å². The minimum Gasteiger partial charge on any atom is -0.475 e. The second-order valence-electron chi connectivity index (χ2n) is 7.75. The lowest BCUT2D eigenvalue weighted by atomic mass is 10.0. The zero-order valence-electron chi connectivity index (χ0n) is 18.2. The molecule has 0 aliphatic carbocycles. The molecule has 32 heavy (non-hydrogen) atoms. The quantitative estimate of drug-likeness (QED) is 0.730. The number of morpholine rings is 1. The van der Waals surface area contributed by atoms with Gasteiger partial charge in [0.15, 0.2) is 0 Å². The van der Waals surface area contributed by atoms with Crippen LogP contribution in [0.5, 0.6) is 0 Å². The van der Waals surface area contributed by atoms with Gasteiger partial charge in [-0.1, -0.05) is 17.7 Å². The van der Waals surface area contributed by atoms with E-state index in [9.17, 15) is 18.0 Å². The number of hydrogen-bond donors (Lipinski definition) is 1. The number of benzene rings is 1. The topological polar surface area (TPSA) is 88.5 Å². The number of hydrogen-bond acceptors (Lipinski definition) is 6. The molecular formula is C21H29F3N2O6. The van der Waals surface area contributed by atoms with Gasteiger partial charge >= 0.3 is 12.1 Å². The highest BCUT2D eigenvalue weighted by Gasteiger charge is 2.41. The SMILES string of the molecule is COCCN1CCOCC2(C1)CN(C(=O)c1ccc(C)cc1)CCO2.O=C(O)C(F)(F)F. The second-order valence-corrected chi connectivity index (χ2v) is 7.75. The maximum atomic E-state index is 12.9. The Morgan fingerprint density at radius 1 is 1.16 bits per heavy atom. The molecule has 11 heteroatoms. The first-order valence-electron chi connectivity index (χ1n) is 10.2. The first kappa shape index (κ1) is 26.0. The minimum atomic E-state index is -5.08. The van der Waals surface area contributed by atoms with Gasteiger partial charge < -0.3 is 24.2 Å². The molecular weight excluding hydrogens is 433 g/mol. The van der Waals surface area contributed by atoms with Crippen molar-refractivity contribution in [3.8, 4) is 0 Å². The molecule has 1 atom stereocenters. The maximum absolute atomic E-state index is 12.9. The van der Waals surface area contributed by atoms with E-state index in [-0.39, 0.29) is 5.91 Å². The average molecular weight is 462 g/mol. The zero-order valence-corrected chi connectivity index (χ0v) is 18.2. The molecule has 0 radical (unpaired) electrons. The number of aryl methyl sites for hydroxylation is 1. The lowest BCUT2D eigenvalue weighted by molar-refractivity contribution is -0.192. The summed E-state index contributed by atoms with van der Waals surface area (Å²) >= 11 is 0. The highest BCUT2D eigenvalue weighted by molar-refractivity contribution is 5.94. The Morgan fingerprint density at radius 3 is 2.41 bits per heavy atom. The Morgan fingerprint density at radius 2 is 1.81 bits per heavy atom. The van der Waals surface area contributed by atoms with Crippen molar-refractivity contribution in [1.82, 2.24) is 9.80 Å². The molecule has 3 rings (SSSR count). The van der Waals surface area contributed by atoms with Crippen molar-refractivity contribution in [2.45, 2.75) is 18.7 Å². The Hall–Kier alpha value is -2.21. The number of carbonyl (C=O) groups is 2. The second kappa shape index (κ2) is 11.6. The molecule has 1 N–H and O–H groups in total. The number of ether oxygens (including phenoxy) is 3. The van der Waals surface area contributed by atoms with Crippen molar-refractivity contribution in [1.29, 1.82) is 0 Å². The number of aliphatic carboxylic acids is 1. The summed E-state index contributed by atoms with van der Waals surface area (Å²) in [5.74, 6) is -2.69. The predicted octanol–water partition coefficient (Wildman–Crippen LogP) is 1.82. The van der Waals surface area contributed by atoms with Gasteiger partial charge in [-0.3, -0.25) is 9.69 Å². The lowest BCUT2D eigenvalue weighted by Gasteiger charge is -2.43. The number of amides is 1. The van der Waals surface area contributed by atoms with Crippen LogP contribution in [0.25, 0.3) is 0 Å². The zero-order chi connectivity index (χ0) is 23.8. The third-order valence-electron chi connectivity index (χ3n) is 5.12. The van der Waals surface area contributed by atoms with E-state index in [4.69, 9.17) is 24.1 Å². The van der Waals surface area contributed by atoms with E-state index in [2.05, 4.69) is 4.90 Å². The molecule has 8 nitrogen and oxygen atoms in total. The van der Waals surface area contributed by atoms with E-state index < -0.39 is 17.7 Å². The number of alkyl halides is 3. The Balaban J connectivity index is 0.000000451. The van der Waals surface area contributed by atoms with Crippen LogP contribution >= 0.6 is 0 Å². The first-order valence-corrected chi connectivity index (χ1v) is 10.2. The van der Waals surface area contributed by atoms with Crippen LogP contribution in [0.15, 0.2) is 24.3 Å². The third-order valence-corrected chi connectivity index (χ3v) is 5.12. The molecule has 1 unspecified atom stereocenters. The van der Waals surface area contributed by atoms with Gasteiger partial charge in [0.05, 0.1) is 33.0 Å². The van der Waals surface area contributed by atoms with Crippen molar-refractivity contribution in [3.63, 3.8) is 0 Å². The van der Waals surface area contributed by atoms with Gasteiger partial charge in [0.2, 0.25) is 0 Å². The van der Waals surface area contributed by atoms with Gasteiger partial charge in [-0.15, -0.1) is 0 Å². The highest BCUT2D eigenvalue weighted by atomic mass is 19.4. The summed E-state index contributed by atoms with van der Waals surface area (Å²) in [6.45, 7) is 8.09. The summed E-state index contributed by atoms with van der Waals surface area (Å²) in [4.78, 5) is 26.0.